The van der Waals surface area contributed by atoms with Crippen LogP contribution in [0.25, 0.3) is 11.0 Å². The molecule has 0 aliphatic heterocycles. The van der Waals surface area contributed by atoms with Gasteiger partial charge in [0.1, 0.15) is 17.1 Å². The maximum atomic E-state index is 13.1. The number of nitrogens with zero attached hydrogens (tertiary/aromatic N) is 3. The van der Waals surface area contributed by atoms with E-state index in [1.165, 1.54) is 7.11 Å². The van der Waals surface area contributed by atoms with Gasteiger partial charge in [-0.25, -0.2) is 9.78 Å². The van der Waals surface area contributed by atoms with Crippen LogP contribution in [0.3, 0.4) is 0 Å². The molecule has 1 saturated carbocycles. The van der Waals surface area contributed by atoms with E-state index in [4.69, 9.17) is 19.2 Å². The summed E-state index contributed by atoms with van der Waals surface area (Å²) < 4.78 is 18.0. The molecular formula is C30H33N5O5. The van der Waals surface area contributed by atoms with Crippen LogP contribution in [0.2, 0.25) is 0 Å². The van der Waals surface area contributed by atoms with Gasteiger partial charge < -0.3 is 29.4 Å². The number of methoxy groups -OCH3 is 3. The lowest BCUT2D eigenvalue weighted by atomic mass is 9.85. The normalized spacial score (nSPS) is 13.0. The number of hydrogen-bond donors (Lipinski definition) is 2. The number of aromatic nitrogens is 3. The summed E-state index contributed by atoms with van der Waals surface area (Å²) in [5.74, 6) is 0.684. The van der Waals surface area contributed by atoms with Gasteiger partial charge in [-0.1, -0.05) is 18.6 Å². The van der Waals surface area contributed by atoms with Gasteiger partial charge >= 0.3 is 5.97 Å². The van der Waals surface area contributed by atoms with Gasteiger partial charge in [-0.15, -0.1) is 0 Å². The van der Waals surface area contributed by atoms with Crippen molar-refractivity contribution in [2.75, 3.05) is 32.0 Å². The van der Waals surface area contributed by atoms with Gasteiger partial charge in [0.25, 0.3) is 0 Å². The summed E-state index contributed by atoms with van der Waals surface area (Å²) in [5.41, 5.74) is 3.68. The summed E-state index contributed by atoms with van der Waals surface area (Å²) in [6.07, 6.45) is 6.71. The number of hydrogen-bond acceptors (Lipinski definition) is 8. The Morgan fingerprint density at radius 3 is 2.42 bits per heavy atom. The monoisotopic (exact) mass is 543 g/mol. The molecule has 40 heavy (non-hydrogen) atoms. The van der Waals surface area contributed by atoms with E-state index >= 15 is 0 Å². The Balaban J connectivity index is 1.54. The highest BCUT2D eigenvalue weighted by atomic mass is 16.5. The molecule has 0 spiro atoms. The quantitative estimate of drug-likeness (QED) is 0.259. The molecule has 0 atom stereocenters. The molecular weight excluding hydrogens is 510 g/mol. The van der Waals surface area contributed by atoms with Crippen LogP contribution in [0.5, 0.6) is 11.5 Å². The highest BCUT2D eigenvalue weighted by Crippen LogP contribution is 2.36. The summed E-state index contributed by atoms with van der Waals surface area (Å²) in [5, 5.41) is 7.07. The molecule has 1 aromatic carbocycles. The third-order valence-electron chi connectivity index (χ3n) is 7.32. The van der Waals surface area contributed by atoms with Crippen molar-refractivity contribution < 1.29 is 23.8 Å². The fourth-order valence-electron chi connectivity index (χ4n) is 4.94. The summed E-state index contributed by atoms with van der Waals surface area (Å²) in [4.78, 5) is 35.4. The van der Waals surface area contributed by atoms with Crippen LogP contribution >= 0.6 is 0 Å². The number of anilines is 2. The van der Waals surface area contributed by atoms with Crippen LogP contribution in [-0.4, -0.2) is 47.7 Å². The Hall–Kier alpha value is -4.60. The molecule has 3 heterocycles. The van der Waals surface area contributed by atoms with Crippen molar-refractivity contribution in [2.24, 2.45) is 5.92 Å². The maximum absolute atomic E-state index is 13.1. The highest BCUT2D eigenvalue weighted by molar-refractivity contribution is 6.11. The molecule has 10 heteroatoms. The second-order valence-electron chi connectivity index (χ2n) is 9.64. The molecule has 208 valence electrons. The van der Waals surface area contributed by atoms with Crippen molar-refractivity contribution in [2.45, 2.75) is 38.8 Å². The third kappa shape index (κ3) is 5.42. The van der Waals surface area contributed by atoms with Crippen molar-refractivity contribution in [3.8, 4) is 11.5 Å². The number of nitrogens with one attached hydrogen (secondary N) is 2. The van der Waals surface area contributed by atoms with E-state index in [9.17, 15) is 9.59 Å². The number of rotatable bonds is 11. The third-order valence-corrected chi connectivity index (χ3v) is 7.32. The van der Waals surface area contributed by atoms with E-state index in [2.05, 4.69) is 15.6 Å². The fourth-order valence-corrected chi connectivity index (χ4v) is 4.94. The number of amides is 1. The van der Waals surface area contributed by atoms with E-state index in [-0.39, 0.29) is 17.5 Å². The first kappa shape index (κ1) is 27.0. The van der Waals surface area contributed by atoms with Gasteiger partial charge in [0, 0.05) is 42.7 Å². The van der Waals surface area contributed by atoms with Gasteiger partial charge in [0.05, 0.1) is 44.5 Å². The zero-order chi connectivity index (χ0) is 28.1. The number of fused-ring (bicyclic) bond motifs is 1. The zero-order valence-electron chi connectivity index (χ0n) is 22.9. The van der Waals surface area contributed by atoms with Gasteiger partial charge in [0.2, 0.25) is 5.91 Å². The number of carbonyl (C=O) groups is 2. The summed E-state index contributed by atoms with van der Waals surface area (Å²) in [6.45, 7) is 0.837. The minimum absolute atomic E-state index is 0.0651. The Labute approximate surface area is 232 Å². The minimum Gasteiger partial charge on any atom is -0.496 e. The van der Waals surface area contributed by atoms with E-state index in [1.807, 2.05) is 42.5 Å². The standard InChI is InChI=1S/C30H33N5O5/c1-38-24-11-7-12-25(39-2)23(24)18-32-21-16-22-26(34-29(36)19-8-6-9-19)27(30(37)40-3)35(28(22)33-17-21)15-13-20-10-4-5-14-31-20/h4-5,7,10-12,14,16-17,19,32H,6,8-9,13,15,18H2,1-3H3,(H,34,36). The van der Waals surface area contributed by atoms with E-state index in [0.717, 1.165) is 30.5 Å². The van der Waals surface area contributed by atoms with Crippen LogP contribution in [0.1, 0.15) is 41.0 Å². The predicted octanol–water partition coefficient (Wildman–Crippen LogP) is 4.83. The van der Waals surface area contributed by atoms with Crippen LogP contribution in [0.4, 0.5) is 11.4 Å². The molecule has 3 aromatic heterocycles. The Kier molecular flexibility index (Phi) is 8.14. The lowest BCUT2D eigenvalue weighted by Gasteiger charge is -2.24. The number of ether oxygens (including phenoxy) is 3. The molecule has 2 N–H and O–H groups in total. The van der Waals surface area contributed by atoms with Crippen molar-refractivity contribution in [1.82, 2.24) is 14.5 Å². The average molecular weight is 544 g/mol. The number of carbonyl (C=O) groups excluding carboxylic acids is 2. The Bertz CT molecular complexity index is 1490. The highest BCUT2D eigenvalue weighted by Gasteiger charge is 2.30. The zero-order valence-corrected chi connectivity index (χ0v) is 22.9. The molecule has 4 aromatic rings. The first-order valence-corrected chi connectivity index (χ1v) is 13.3. The predicted molar refractivity (Wildman–Crippen MR) is 152 cm³/mol. The lowest BCUT2D eigenvalue weighted by molar-refractivity contribution is -0.122. The fraction of sp³-hybridized carbons (Fsp3) is 0.333. The molecule has 1 aliphatic rings. The average Bonchev–Trinajstić information content (AvgIpc) is 3.25. The Morgan fingerprint density at radius 2 is 1.80 bits per heavy atom. The van der Waals surface area contributed by atoms with Gasteiger partial charge in [-0.3, -0.25) is 9.78 Å². The molecule has 5 rings (SSSR count). The van der Waals surface area contributed by atoms with E-state index in [1.54, 1.807) is 31.2 Å². The second kappa shape index (κ2) is 12.1. The van der Waals surface area contributed by atoms with Gasteiger partial charge in [-0.05, 0) is 43.2 Å². The number of pyridine rings is 2. The number of benzene rings is 1. The number of esters is 1. The van der Waals surface area contributed by atoms with Crippen molar-refractivity contribution in [3.05, 3.63) is 71.8 Å². The summed E-state index contributed by atoms with van der Waals surface area (Å²) in [7, 11) is 4.57. The van der Waals surface area contributed by atoms with Crippen LogP contribution in [-0.2, 0) is 29.0 Å². The molecule has 0 unspecified atom stereocenters. The first-order chi connectivity index (χ1) is 19.5. The Morgan fingerprint density at radius 1 is 1.02 bits per heavy atom. The minimum atomic E-state index is -0.545. The van der Waals surface area contributed by atoms with Crippen LogP contribution in [0, 0.1) is 5.92 Å². The molecule has 0 radical (unpaired) electrons. The molecule has 1 amide bonds. The lowest BCUT2D eigenvalue weighted by Crippen LogP contribution is -2.29. The second-order valence-corrected chi connectivity index (χ2v) is 9.64. The smallest absolute Gasteiger partial charge is 0.356 e. The SMILES string of the molecule is COC(=O)c1c(NC(=O)C2CCC2)c2cc(NCc3c(OC)cccc3OC)cnc2n1CCc1ccccn1. The molecule has 1 fully saturated rings. The molecule has 10 nitrogen and oxygen atoms in total. The van der Waals surface area contributed by atoms with Gasteiger partial charge in [0.15, 0.2) is 5.69 Å². The largest absolute Gasteiger partial charge is 0.496 e. The van der Waals surface area contributed by atoms with Crippen LogP contribution < -0.4 is 20.1 Å². The molecule has 0 bridgehead atoms. The topological polar surface area (TPSA) is 117 Å². The van der Waals surface area contributed by atoms with Gasteiger partial charge in [-0.2, -0.15) is 0 Å². The first-order valence-electron chi connectivity index (χ1n) is 13.3. The van der Waals surface area contributed by atoms with E-state index in [0.29, 0.717) is 53.4 Å². The summed E-state index contributed by atoms with van der Waals surface area (Å²) >= 11 is 0. The van der Waals surface area contributed by atoms with Crippen molar-refractivity contribution in [3.63, 3.8) is 0 Å². The molecule has 0 saturated heterocycles. The van der Waals surface area contributed by atoms with E-state index < -0.39 is 5.97 Å². The van der Waals surface area contributed by atoms with Crippen molar-refractivity contribution in [1.29, 1.82) is 0 Å². The molecule has 1 aliphatic carbocycles. The number of aryl methyl sites for hydroxylation is 2. The maximum Gasteiger partial charge on any atom is 0.356 e. The summed E-state index contributed by atoms with van der Waals surface area (Å²) in [6, 6.07) is 13.2. The van der Waals surface area contributed by atoms with Crippen LogP contribution in [0.15, 0.2) is 54.9 Å². The van der Waals surface area contributed by atoms with Crippen molar-refractivity contribution >= 4 is 34.3 Å².